The molecule has 16 heavy (non-hydrogen) atoms. The fourth-order valence-corrected chi connectivity index (χ4v) is 2.98. The minimum absolute atomic E-state index is 0.375. The Morgan fingerprint density at radius 3 is 2.31 bits per heavy atom. The van der Waals surface area contributed by atoms with Crippen LogP contribution < -0.4 is 0 Å². The third kappa shape index (κ3) is 1.39. The van der Waals surface area contributed by atoms with Crippen LogP contribution in [0.25, 0.3) is 0 Å². The highest BCUT2D eigenvalue weighted by atomic mass is 35.5. The summed E-state index contributed by atoms with van der Waals surface area (Å²) in [6, 6.07) is 5.57. The lowest BCUT2D eigenvalue weighted by Gasteiger charge is -2.04. The van der Waals surface area contributed by atoms with Gasteiger partial charge in [-0.25, -0.2) is 4.39 Å². The second kappa shape index (κ2) is 3.69. The molecule has 1 aliphatic carbocycles. The monoisotopic (exact) mass is 262 g/mol. The summed E-state index contributed by atoms with van der Waals surface area (Å²) < 4.78 is 11.4. The second-order valence-electron chi connectivity index (χ2n) is 3.92. The molecule has 0 saturated heterocycles. The highest BCUT2D eigenvalue weighted by Crippen LogP contribution is 2.72. The van der Waals surface area contributed by atoms with Crippen molar-refractivity contribution in [3.63, 3.8) is 0 Å². The zero-order valence-electron chi connectivity index (χ0n) is 8.16. The summed E-state index contributed by atoms with van der Waals surface area (Å²) in [5, 5.41) is 9.20. The van der Waals surface area contributed by atoms with E-state index in [2.05, 4.69) is 0 Å². The molecule has 1 aliphatic rings. The maximum absolute atomic E-state index is 12.7. The first-order chi connectivity index (χ1) is 7.49. The number of carbonyl (C=O) groups excluding carboxylic acids is 1. The summed E-state index contributed by atoms with van der Waals surface area (Å²) >= 11 is 12.0. The predicted molar refractivity (Wildman–Crippen MR) is 59.2 cm³/mol. The van der Waals surface area contributed by atoms with Gasteiger partial charge in [-0.1, -0.05) is 35.3 Å². The molecule has 1 aromatic carbocycles. The van der Waals surface area contributed by atoms with Gasteiger partial charge in [0.15, 0.2) is 0 Å². The molecule has 0 radical (unpaired) electrons. The molecule has 0 spiro atoms. The quantitative estimate of drug-likeness (QED) is 0.671. The highest BCUT2D eigenvalue weighted by molar-refractivity contribution is 6.54. The van der Waals surface area contributed by atoms with Crippen molar-refractivity contribution in [3.05, 3.63) is 35.6 Å². The molecule has 2 unspecified atom stereocenters. The van der Waals surface area contributed by atoms with Gasteiger partial charge in [0.05, 0.1) is 12.0 Å². The predicted octanol–water partition coefficient (Wildman–Crippen LogP) is 2.27. The number of rotatable bonds is 3. The van der Waals surface area contributed by atoms with Crippen LogP contribution >= 0.6 is 23.2 Å². The van der Waals surface area contributed by atoms with Crippen LogP contribution in [-0.4, -0.2) is 22.3 Å². The Hall–Kier alpha value is -0.640. The zero-order chi connectivity index (χ0) is 12.0. The van der Waals surface area contributed by atoms with E-state index in [1.54, 1.807) is 0 Å². The molecule has 0 aromatic heterocycles. The lowest BCUT2D eigenvalue weighted by atomic mass is 10.0. The van der Waals surface area contributed by atoms with Crippen molar-refractivity contribution >= 4 is 29.5 Å². The number of benzene rings is 1. The van der Waals surface area contributed by atoms with E-state index in [0.717, 1.165) is 0 Å². The van der Waals surface area contributed by atoms with Crippen molar-refractivity contribution in [2.75, 3.05) is 6.61 Å². The number of hydrogen-bond acceptors (Lipinski definition) is 2. The number of aliphatic hydroxyl groups excluding tert-OH is 1. The first kappa shape index (κ1) is 11.8. The van der Waals surface area contributed by atoms with Gasteiger partial charge in [-0.2, -0.15) is 0 Å². The molecule has 0 aliphatic heterocycles. The molecule has 1 fully saturated rings. The summed E-state index contributed by atoms with van der Waals surface area (Å²) in [7, 11) is 0. The van der Waals surface area contributed by atoms with Crippen molar-refractivity contribution in [3.8, 4) is 0 Å². The molecule has 0 bridgehead atoms. The van der Waals surface area contributed by atoms with E-state index < -0.39 is 22.3 Å². The summed E-state index contributed by atoms with van der Waals surface area (Å²) in [5.74, 6) is -0.869. The van der Waals surface area contributed by atoms with Gasteiger partial charge in [-0.15, -0.1) is 0 Å². The van der Waals surface area contributed by atoms with Crippen molar-refractivity contribution in [1.29, 1.82) is 0 Å². The van der Waals surface area contributed by atoms with Gasteiger partial charge in [0.25, 0.3) is 0 Å². The molecule has 1 saturated carbocycles. The van der Waals surface area contributed by atoms with Gasteiger partial charge in [0, 0.05) is 5.92 Å². The molecular formula is C11H9Cl2FO2. The molecule has 2 atom stereocenters. The van der Waals surface area contributed by atoms with Crippen LogP contribution in [0.5, 0.6) is 0 Å². The molecule has 2 rings (SSSR count). The Morgan fingerprint density at radius 2 is 1.94 bits per heavy atom. The lowest BCUT2D eigenvalue weighted by Crippen LogP contribution is -2.16. The molecule has 0 amide bonds. The number of carbonyl (C=O) groups is 1. The molecule has 5 heteroatoms. The zero-order valence-corrected chi connectivity index (χ0v) is 9.67. The topological polar surface area (TPSA) is 37.3 Å². The van der Waals surface area contributed by atoms with Crippen LogP contribution in [0, 0.1) is 11.2 Å². The lowest BCUT2D eigenvalue weighted by molar-refractivity contribution is -0.113. The average Bonchev–Trinajstić information content (AvgIpc) is 2.77. The number of hydrogen-bond donors (Lipinski definition) is 1. The molecule has 1 N–H and O–H groups in total. The Balaban J connectivity index is 2.37. The third-order valence-electron chi connectivity index (χ3n) is 3.09. The maximum Gasteiger partial charge on any atom is 0.141 e. The van der Waals surface area contributed by atoms with Crippen molar-refractivity contribution in [1.82, 2.24) is 0 Å². The standard InChI is InChI=1S/C11H9Cl2FO2/c12-11(13)9(10(11,5-15)6-16)7-1-3-8(14)4-2-7/h1-5,9,16H,6H2. The summed E-state index contributed by atoms with van der Waals surface area (Å²) in [5.41, 5.74) is -0.527. The Morgan fingerprint density at radius 1 is 1.38 bits per heavy atom. The fraction of sp³-hybridized carbons (Fsp3) is 0.364. The van der Waals surface area contributed by atoms with E-state index in [1.807, 2.05) is 0 Å². The average molecular weight is 263 g/mol. The van der Waals surface area contributed by atoms with Gasteiger partial charge in [0.1, 0.15) is 16.4 Å². The number of aldehydes is 1. The maximum atomic E-state index is 12.7. The van der Waals surface area contributed by atoms with Crippen molar-refractivity contribution < 1.29 is 14.3 Å². The smallest absolute Gasteiger partial charge is 0.141 e. The number of alkyl halides is 2. The number of halogens is 3. The second-order valence-corrected chi connectivity index (χ2v) is 5.31. The summed E-state index contributed by atoms with van der Waals surface area (Å²) in [4.78, 5) is 11.0. The van der Waals surface area contributed by atoms with Crippen LogP contribution in [0.4, 0.5) is 4.39 Å². The Labute approximate surface area is 102 Å². The molecule has 86 valence electrons. The first-order valence-electron chi connectivity index (χ1n) is 4.70. The molecule has 1 aromatic rings. The summed E-state index contributed by atoms with van der Waals surface area (Å²) in [6.45, 7) is -0.425. The van der Waals surface area contributed by atoms with E-state index in [1.165, 1.54) is 24.3 Å². The SMILES string of the molecule is O=CC1(CO)C(c2ccc(F)cc2)C1(Cl)Cl. The minimum atomic E-state index is -1.32. The van der Waals surface area contributed by atoms with Gasteiger partial charge in [-0.3, -0.25) is 0 Å². The molecule has 0 heterocycles. The fourth-order valence-electron chi connectivity index (χ4n) is 2.02. The van der Waals surface area contributed by atoms with Crippen molar-refractivity contribution in [2.24, 2.45) is 5.41 Å². The van der Waals surface area contributed by atoms with Crippen LogP contribution in [-0.2, 0) is 4.79 Å². The third-order valence-corrected chi connectivity index (χ3v) is 4.23. The Kier molecular flexibility index (Phi) is 2.73. The van der Waals surface area contributed by atoms with Crippen LogP contribution in [0.3, 0.4) is 0 Å². The molecular weight excluding hydrogens is 254 g/mol. The Bertz CT molecular complexity index is 418. The summed E-state index contributed by atoms with van der Waals surface area (Å²) in [6.07, 6.45) is 0.570. The van der Waals surface area contributed by atoms with Gasteiger partial charge in [0.2, 0.25) is 0 Å². The van der Waals surface area contributed by atoms with E-state index in [-0.39, 0.29) is 5.82 Å². The van der Waals surface area contributed by atoms with Crippen LogP contribution in [0.1, 0.15) is 11.5 Å². The van der Waals surface area contributed by atoms with E-state index in [4.69, 9.17) is 23.2 Å². The van der Waals surface area contributed by atoms with Gasteiger partial charge >= 0.3 is 0 Å². The normalized spacial score (nSPS) is 31.1. The largest absolute Gasteiger partial charge is 0.395 e. The highest BCUT2D eigenvalue weighted by Gasteiger charge is 2.76. The van der Waals surface area contributed by atoms with Gasteiger partial charge in [-0.05, 0) is 17.7 Å². The van der Waals surface area contributed by atoms with Crippen LogP contribution in [0.2, 0.25) is 0 Å². The first-order valence-corrected chi connectivity index (χ1v) is 5.45. The minimum Gasteiger partial charge on any atom is -0.395 e. The van der Waals surface area contributed by atoms with Crippen LogP contribution in [0.15, 0.2) is 24.3 Å². The molecule has 2 nitrogen and oxygen atoms in total. The van der Waals surface area contributed by atoms with E-state index >= 15 is 0 Å². The van der Waals surface area contributed by atoms with Crippen molar-refractivity contribution in [2.45, 2.75) is 10.3 Å². The van der Waals surface area contributed by atoms with Gasteiger partial charge < -0.3 is 9.90 Å². The number of aliphatic hydroxyl groups is 1. The van der Waals surface area contributed by atoms with E-state index in [0.29, 0.717) is 11.8 Å². The van der Waals surface area contributed by atoms with E-state index in [9.17, 15) is 14.3 Å².